The highest BCUT2D eigenvalue weighted by Gasteiger charge is 2.13. The maximum absolute atomic E-state index is 12.2. The summed E-state index contributed by atoms with van der Waals surface area (Å²) >= 11 is 0. The molecule has 0 spiro atoms. The minimum atomic E-state index is -0.289. The van der Waals surface area contributed by atoms with Gasteiger partial charge >= 0.3 is 0 Å². The Balaban J connectivity index is 2.09. The van der Waals surface area contributed by atoms with Crippen molar-refractivity contribution in [2.45, 2.75) is 26.3 Å². The Morgan fingerprint density at radius 3 is 2.27 bits per heavy atom. The molecule has 0 unspecified atom stereocenters. The molecule has 1 aromatic heterocycles. The lowest BCUT2D eigenvalue weighted by Crippen LogP contribution is -2.26. The standard InChI is InChI=1S/C16H20N4O2/c1-16(2,3)18-14-10-9-13(19-20-14)17-15(21)11-7-5-6-8-12(11)22-4/h5-10H,1-4H3,(H,18,20)(H,17,19,21). The maximum Gasteiger partial charge on any atom is 0.260 e. The van der Waals surface area contributed by atoms with Crippen LogP contribution in [0.15, 0.2) is 36.4 Å². The zero-order valence-electron chi connectivity index (χ0n) is 13.2. The monoisotopic (exact) mass is 300 g/mol. The highest BCUT2D eigenvalue weighted by atomic mass is 16.5. The molecule has 1 amide bonds. The van der Waals surface area contributed by atoms with E-state index in [0.29, 0.717) is 22.9 Å². The average molecular weight is 300 g/mol. The number of aromatic nitrogens is 2. The fourth-order valence-electron chi connectivity index (χ4n) is 1.87. The van der Waals surface area contributed by atoms with Gasteiger partial charge in [0.05, 0.1) is 12.7 Å². The van der Waals surface area contributed by atoms with Crippen LogP contribution in [0.4, 0.5) is 11.6 Å². The number of nitrogens with one attached hydrogen (secondary N) is 2. The van der Waals surface area contributed by atoms with Gasteiger partial charge in [0.15, 0.2) is 5.82 Å². The van der Waals surface area contributed by atoms with E-state index in [1.165, 1.54) is 7.11 Å². The number of amides is 1. The largest absolute Gasteiger partial charge is 0.496 e. The van der Waals surface area contributed by atoms with E-state index >= 15 is 0 Å². The Labute approximate surface area is 129 Å². The summed E-state index contributed by atoms with van der Waals surface area (Å²) in [4.78, 5) is 12.2. The van der Waals surface area contributed by atoms with Crippen LogP contribution in [0.3, 0.4) is 0 Å². The lowest BCUT2D eigenvalue weighted by molar-refractivity contribution is 0.102. The van der Waals surface area contributed by atoms with Crippen LogP contribution in [0, 0.1) is 0 Å². The fraction of sp³-hybridized carbons (Fsp3) is 0.312. The Bertz CT molecular complexity index is 648. The summed E-state index contributed by atoms with van der Waals surface area (Å²) in [6.45, 7) is 6.10. The molecule has 0 fully saturated rings. The second-order valence-electron chi connectivity index (χ2n) is 5.83. The molecule has 0 bridgehead atoms. The fourth-order valence-corrected chi connectivity index (χ4v) is 1.87. The van der Waals surface area contributed by atoms with Crippen LogP contribution >= 0.6 is 0 Å². The molecule has 0 radical (unpaired) electrons. The molecule has 1 aromatic carbocycles. The molecule has 0 aliphatic heterocycles. The maximum atomic E-state index is 12.2. The van der Waals surface area contributed by atoms with E-state index in [1.54, 1.807) is 30.3 Å². The molecule has 116 valence electrons. The summed E-state index contributed by atoms with van der Waals surface area (Å²) in [6.07, 6.45) is 0. The van der Waals surface area contributed by atoms with Crippen LogP contribution < -0.4 is 15.4 Å². The average Bonchev–Trinajstić information content (AvgIpc) is 2.47. The predicted octanol–water partition coefficient (Wildman–Crippen LogP) is 2.95. The zero-order valence-corrected chi connectivity index (χ0v) is 13.2. The molecule has 2 N–H and O–H groups in total. The van der Waals surface area contributed by atoms with Crippen molar-refractivity contribution < 1.29 is 9.53 Å². The minimum Gasteiger partial charge on any atom is -0.496 e. The van der Waals surface area contributed by atoms with Gasteiger partial charge in [-0.2, -0.15) is 0 Å². The number of hydrogen-bond donors (Lipinski definition) is 2. The van der Waals surface area contributed by atoms with Gasteiger partial charge in [0.2, 0.25) is 0 Å². The van der Waals surface area contributed by atoms with E-state index in [4.69, 9.17) is 4.74 Å². The topological polar surface area (TPSA) is 76.1 Å². The summed E-state index contributed by atoms with van der Waals surface area (Å²) in [5, 5.41) is 14.0. The summed E-state index contributed by atoms with van der Waals surface area (Å²) < 4.78 is 5.17. The molecule has 2 rings (SSSR count). The van der Waals surface area contributed by atoms with Crippen molar-refractivity contribution in [2.24, 2.45) is 0 Å². The molecular formula is C16H20N4O2. The van der Waals surface area contributed by atoms with E-state index in [0.717, 1.165) is 0 Å². The van der Waals surface area contributed by atoms with Gasteiger partial charge in [-0.05, 0) is 45.0 Å². The Hall–Kier alpha value is -2.63. The van der Waals surface area contributed by atoms with Crippen LogP contribution in [0.25, 0.3) is 0 Å². The second kappa shape index (κ2) is 6.43. The van der Waals surface area contributed by atoms with Gasteiger partial charge in [0.1, 0.15) is 11.6 Å². The smallest absolute Gasteiger partial charge is 0.260 e. The lowest BCUT2D eigenvalue weighted by Gasteiger charge is -2.20. The Morgan fingerprint density at radius 1 is 1.05 bits per heavy atom. The van der Waals surface area contributed by atoms with Gasteiger partial charge in [0, 0.05) is 5.54 Å². The molecule has 22 heavy (non-hydrogen) atoms. The van der Waals surface area contributed by atoms with Crippen molar-refractivity contribution in [3.05, 3.63) is 42.0 Å². The second-order valence-corrected chi connectivity index (χ2v) is 5.83. The number of carbonyl (C=O) groups is 1. The number of rotatable bonds is 4. The Kier molecular flexibility index (Phi) is 4.60. The number of anilines is 2. The van der Waals surface area contributed by atoms with E-state index in [1.807, 2.05) is 26.8 Å². The van der Waals surface area contributed by atoms with Gasteiger partial charge in [-0.15, -0.1) is 10.2 Å². The predicted molar refractivity (Wildman–Crippen MR) is 86.4 cm³/mol. The van der Waals surface area contributed by atoms with Gasteiger partial charge in [-0.3, -0.25) is 4.79 Å². The molecule has 0 atom stereocenters. The molecule has 0 saturated heterocycles. The number of nitrogens with zero attached hydrogens (tertiary/aromatic N) is 2. The van der Waals surface area contributed by atoms with Gasteiger partial charge < -0.3 is 15.4 Å². The quantitative estimate of drug-likeness (QED) is 0.908. The SMILES string of the molecule is COc1ccccc1C(=O)Nc1ccc(NC(C)(C)C)nn1. The Morgan fingerprint density at radius 2 is 1.68 bits per heavy atom. The number of carbonyl (C=O) groups excluding carboxylic acids is 1. The van der Waals surface area contributed by atoms with Crippen molar-refractivity contribution in [3.8, 4) is 5.75 Å². The van der Waals surface area contributed by atoms with Gasteiger partial charge in [0.25, 0.3) is 5.91 Å². The first-order chi connectivity index (χ1) is 10.4. The first-order valence-corrected chi connectivity index (χ1v) is 6.95. The number of ether oxygens (including phenoxy) is 1. The van der Waals surface area contributed by atoms with Crippen molar-refractivity contribution in [2.75, 3.05) is 17.7 Å². The molecular weight excluding hydrogens is 280 g/mol. The molecule has 6 nitrogen and oxygen atoms in total. The minimum absolute atomic E-state index is 0.100. The van der Waals surface area contributed by atoms with E-state index < -0.39 is 0 Å². The summed E-state index contributed by atoms with van der Waals surface area (Å²) in [5.74, 6) is 1.26. The third kappa shape index (κ3) is 4.18. The third-order valence-corrected chi connectivity index (χ3v) is 2.76. The van der Waals surface area contributed by atoms with Crippen molar-refractivity contribution >= 4 is 17.5 Å². The van der Waals surface area contributed by atoms with Gasteiger partial charge in [-0.1, -0.05) is 12.1 Å². The molecule has 6 heteroatoms. The first kappa shape index (κ1) is 15.8. The van der Waals surface area contributed by atoms with Crippen LogP contribution in [0.1, 0.15) is 31.1 Å². The number of methoxy groups -OCH3 is 1. The van der Waals surface area contributed by atoms with Crippen molar-refractivity contribution in [3.63, 3.8) is 0 Å². The normalized spacial score (nSPS) is 10.9. The van der Waals surface area contributed by atoms with E-state index in [2.05, 4.69) is 20.8 Å². The number of hydrogen-bond acceptors (Lipinski definition) is 5. The lowest BCUT2D eigenvalue weighted by atomic mass is 10.1. The van der Waals surface area contributed by atoms with E-state index in [9.17, 15) is 4.79 Å². The molecule has 0 aliphatic rings. The van der Waals surface area contributed by atoms with Crippen molar-refractivity contribution in [1.29, 1.82) is 0 Å². The summed E-state index contributed by atoms with van der Waals surface area (Å²) in [5.41, 5.74) is 0.348. The molecule has 2 aromatic rings. The van der Waals surface area contributed by atoms with Crippen LogP contribution in [-0.4, -0.2) is 28.8 Å². The van der Waals surface area contributed by atoms with Crippen LogP contribution in [0.5, 0.6) is 5.75 Å². The molecule has 0 saturated carbocycles. The van der Waals surface area contributed by atoms with E-state index in [-0.39, 0.29) is 11.4 Å². The zero-order chi connectivity index (χ0) is 16.2. The summed E-state index contributed by atoms with van der Waals surface area (Å²) in [7, 11) is 1.53. The summed E-state index contributed by atoms with van der Waals surface area (Å²) in [6, 6.07) is 10.5. The van der Waals surface area contributed by atoms with Crippen molar-refractivity contribution in [1.82, 2.24) is 10.2 Å². The van der Waals surface area contributed by atoms with Crippen LogP contribution in [-0.2, 0) is 0 Å². The number of benzene rings is 1. The highest BCUT2D eigenvalue weighted by Crippen LogP contribution is 2.19. The molecule has 0 aliphatic carbocycles. The molecule has 1 heterocycles. The highest BCUT2D eigenvalue weighted by molar-refractivity contribution is 6.05. The third-order valence-electron chi connectivity index (χ3n) is 2.76. The number of para-hydroxylation sites is 1. The van der Waals surface area contributed by atoms with Gasteiger partial charge in [-0.25, -0.2) is 0 Å². The van der Waals surface area contributed by atoms with Crippen LogP contribution in [0.2, 0.25) is 0 Å². The first-order valence-electron chi connectivity index (χ1n) is 6.95.